The third-order valence-electron chi connectivity index (χ3n) is 5.05. The average Bonchev–Trinajstić information content (AvgIpc) is 3.31. The second kappa shape index (κ2) is 8.80. The van der Waals surface area contributed by atoms with Crippen LogP contribution in [0, 0.1) is 6.92 Å². The van der Waals surface area contributed by atoms with Gasteiger partial charge < -0.3 is 15.2 Å². The van der Waals surface area contributed by atoms with Gasteiger partial charge in [-0.15, -0.1) is 10.2 Å². The maximum Gasteiger partial charge on any atom is 0.191 e. The van der Waals surface area contributed by atoms with E-state index in [0.29, 0.717) is 12.6 Å². The number of guanidine groups is 1. The Morgan fingerprint density at radius 3 is 2.50 bits per heavy atom. The summed E-state index contributed by atoms with van der Waals surface area (Å²) in [6, 6.07) is 11.1. The van der Waals surface area contributed by atoms with Crippen LogP contribution >= 0.6 is 0 Å². The summed E-state index contributed by atoms with van der Waals surface area (Å²) in [6.07, 6.45) is 2.56. The Kier molecular flexibility index (Phi) is 6.22. The van der Waals surface area contributed by atoms with Crippen molar-refractivity contribution in [3.8, 4) is 0 Å². The summed E-state index contributed by atoms with van der Waals surface area (Å²) in [5.41, 5.74) is 1.35. The number of nitrogens with zero attached hydrogens (tertiary/aromatic N) is 5. The molecule has 0 aliphatic carbocycles. The molecule has 1 unspecified atom stereocenters. The van der Waals surface area contributed by atoms with Crippen molar-refractivity contribution in [3.63, 3.8) is 0 Å². The van der Waals surface area contributed by atoms with Gasteiger partial charge in [0.25, 0.3) is 0 Å². The SMILES string of the molecule is CN=C(NCc1nnc(C)n1C)NCC(c1ccccc1)N1CCCC1. The van der Waals surface area contributed by atoms with Crippen LogP contribution in [0.2, 0.25) is 0 Å². The molecule has 0 amide bonds. The molecule has 0 saturated carbocycles. The Hall–Kier alpha value is -2.41. The second-order valence-electron chi connectivity index (χ2n) is 6.70. The van der Waals surface area contributed by atoms with Crippen LogP contribution in [0.5, 0.6) is 0 Å². The van der Waals surface area contributed by atoms with Gasteiger partial charge in [0.05, 0.1) is 12.6 Å². The number of nitrogens with one attached hydrogen (secondary N) is 2. The van der Waals surface area contributed by atoms with Gasteiger partial charge in [0.1, 0.15) is 5.82 Å². The van der Waals surface area contributed by atoms with Gasteiger partial charge in [-0.05, 0) is 38.4 Å². The highest BCUT2D eigenvalue weighted by atomic mass is 15.3. The number of aliphatic imine (C=N–C) groups is 1. The lowest BCUT2D eigenvalue weighted by molar-refractivity contribution is 0.245. The number of likely N-dealkylation sites (tertiary alicyclic amines) is 1. The Balaban J connectivity index is 1.60. The van der Waals surface area contributed by atoms with E-state index in [1.165, 1.54) is 18.4 Å². The largest absolute Gasteiger partial charge is 0.354 e. The van der Waals surface area contributed by atoms with Gasteiger partial charge in [-0.3, -0.25) is 9.89 Å². The quantitative estimate of drug-likeness (QED) is 0.609. The van der Waals surface area contributed by atoms with Gasteiger partial charge in [-0.25, -0.2) is 0 Å². The molecule has 1 atom stereocenters. The minimum atomic E-state index is 0.356. The summed E-state index contributed by atoms with van der Waals surface area (Å²) in [5, 5.41) is 15.1. The smallest absolute Gasteiger partial charge is 0.191 e. The first-order valence-corrected chi connectivity index (χ1v) is 9.27. The van der Waals surface area contributed by atoms with Gasteiger partial charge in [-0.2, -0.15) is 0 Å². The molecule has 0 radical (unpaired) electrons. The van der Waals surface area contributed by atoms with Crippen molar-refractivity contribution < 1.29 is 0 Å². The highest BCUT2D eigenvalue weighted by molar-refractivity contribution is 5.79. The van der Waals surface area contributed by atoms with E-state index in [0.717, 1.165) is 37.2 Å². The standard InChI is InChI=1S/C19H29N7/c1-15-23-24-18(25(15)3)14-22-19(20-2)21-13-17(26-11-7-8-12-26)16-9-5-4-6-10-16/h4-6,9-10,17H,7-8,11-14H2,1-3H3,(H2,20,21,22). The van der Waals surface area contributed by atoms with E-state index < -0.39 is 0 Å². The van der Waals surface area contributed by atoms with Gasteiger partial charge in [-0.1, -0.05) is 30.3 Å². The van der Waals surface area contributed by atoms with E-state index in [9.17, 15) is 0 Å². The molecular weight excluding hydrogens is 326 g/mol. The van der Waals surface area contributed by atoms with E-state index >= 15 is 0 Å². The lowest BCUT2D eigenvalue weighted by Gasteiger charge is -2.28. The molecule has 1 aromatic carbocycles. The van der Waals surface area contributed by atoms with Gasteiger partial charge in [0, 0.05) is 20.6 Å². The molecule has 1 fully saturated rings. The zero-order valence-electron chi connectivity index (χ0n) is 15.9. The van der Waals surface area contributed by atoms with Crippen LogP contribution < -0.4 is 10.6 Å². The number of aromatic nitrogens is 3. The van der Waals surface area contributed by atoms with Gasteiger partial charge in [0.2, 0.25) is 0 Å². The number of aryl methyl sites for hydroxylation is 1. The van der Waals surface area contributed by atoms with Crippen LogP contribution in [0.4, 0.5) is 0 Å². The van der Waals surface area contributed by atoms with Crippen LogP contribution in [0.15, 0.2) is 35.3 Å². The molecule has 2 N–H and O–H groups in total. The summed E-state index contributed by atoms with van der Waals surface area (Å²) >= 11 is 0. The van der Waals surface area contributed by atoms with Gasteiger partial charge >= 0.3 is 0 Å². The lowest BCUT2D eigenvalue weighted by Crippen LogP contribution is -2.42. The van der Waals surface area contributed by atoms with Crippen LogP contribution in [-0.2, 0) is 13.6 Å². The molecule has 26 heavy (non-hydrogen) atoms. The summed E-state index contributed by atoms with van der Waals surface area (Å²) in [5.74, 6) is 2.58. The summed E-state index contributed by atoms with van der Waals surface area (Å²) in [7, 11) is 3.77. The van der Waals surface area contributed by atoms with Crippen molar-refractivity contribution in [1.82, 2.24) is 30.3 Å². The Morgan fingerprint density at radius 2 is 1.88 bits per heavy atom. The fourth-order valence-electron chi connectivity index (χ4n) is 3.37. The van der Waals surface area contributed by atoms with Crippen LogP contribution in [0.25, 0.3) is 0 Å². The minimum Gasteiger partial charge on any atom is -0.354 e. The maximum absolute atomic E-state index is 4.35. The molecule has 7 nitrogen and oxygen atoms in total. The van der Waals surface area contributed by atoms with Crippen molar-refractivity contribution in [2.24, 2.45) is 12.0 Å². The lowest BCUT2D eigenvalue weighted by atomic mass is 10.1. The van der Waals surface area contributed by atoms with Gasteiger partial charge in [0.15, 0.2) is 11.8 Å². The van der Waals surface area contributed by atoms with Crippen LogP contribution in [0.3, 0.4) is 0 Å². The molecule has 1 aromatic heterocycles. The summed E-state index contributed by atoms with van der Waals surface area (Å²) < 4.78 is 1.98. The first kappa shape index (κ1) is 18.4. The van der Waals surface area contributed by atoms with Crippen molar-refractivity contribution in [2.75, 3.05) is 26.7 Å². The molecule has 7 heteroatoms. The predicted octanol–water partition coefficient (Wildman–Crippen LogP) is 1.63. The van der Waals surface area contributed by atoms with E-state index in [1.807, 2.05) is 18.5 Å². The Labute approximate surface area is 155 Å². The molecule has 140 valence electrons. The molecule has 2 heterocycles. The minimum absolute atomic E-state index is 0.356. The summed E-state index contributed by atoms with van der Waals surface area (Å²) in [6.45, 7) is 5.68. The highest BCUT2D eigenvalue weighted by Gasteiger charge is 2.23. The first-order chi connectivity index (χ1) is 12.7. The Bertz CT molecular complexity index is 717. The maximum atomic E-state index is 4.35. The average molecular weight is 355 g/mol. The fraction of sp³-hybridized carbons (Fsp3) is 0.526. The molecule has 1 aliphatic rings. The number of benzene rings is 1. The monoisotopic (exact) mass is 355 g/mol. The van der Waals surface area contributed by atoms with Crippen LogP contribution in [-0.4, -0.2) is 52.3 Å². The predicted molar refractivity (Wildman–Crippen MR) is 104 cm³/mol. The number of hydrogen-bond acceptors (Lipinski definition) is 4. The highest BCUT2D eigenvalue weighted by Crippen LogP contribution is 2.24. The van der Waals surface area contributed by atoms with E-state index in [1.54, 1.807) is 7.05 Å². The van der Waals surface area contributed by atoms with Crippen molar-refractivity contribution in [1.29, 1.82) is 0 Å². The number of hydrogen-bond donors (Lipinski definition) is 2. The first-order valence-electron chi connectivity index (χ1n) is 9.27. The molecule has 0 spiro atoms. The molecular formula is C19H29N7. The zero-order chi connectivity index (χ0) is 18.4. The van der Waals surface area contributed by atoms with Crippen molar-refractivity contribution in [2.45, 2.75) is 32.4 Å². The molecule has 0 bridgehead atoms. The van der Waals surface area contributed by atoms with Crippen molar-refractivity contribution in [3.05, 3.63) is 47.5 Å². The topological polar surface area (TPSA) is 70.4 Å². The second-order valence-corrected chi connectivity index (χ2v) is 6.70. The third-order valence-corrected chi connectivity index (χ3v) is 5.05. The fourth-order valence-corrected chi connectivity index (χ4v) is 3.37. The van der Waals surface area contributed by atoms with E-state index in [4.69, 9.17) is 0 Å². The van der Waals surface area contributed by atoms with Crippen molar-refractivity contribution >= 4 is 5.96 Å². The third kappa shape index (κ3) is 4.40. The zero-order valence-corrected chi connectivity index (χ0v) is 15.9. The van der Waals surface area contributed by atoms with E-state index in [2.05, 4.69) is 61.1 Å². The Morgan fingerprint density at radius 1 is 1.15 bits per heavy atom. The molecule has 1 saturated heterocycles. The normalized spacial score (nSPS) is 16.7. The summed E-state index contributed by atoms with van der Waals surface area (Å²) in [4.78, 5) is 6.91. The van der Waals surface area contributed by atoms with E-state index in [-0.39, 0.29) is 0 Å². The molecule has 3 rings (SSSR count). The van der Waals surface area contributed by atoms with Crippen LogP contribution in [0.1, 0.15) is 36.1 Å². The molecule has 1 aliphatic heterocycles. The number of rotatable bonds is 6. The molecule has 2 aromatic rings.